The highest BCUT2D eigenvalue weighted by Crippen LogP contribution is 2.55. The van der Waals surface area contributed by atoms with Gasteiger partial charge in [-0.1, -0.05) is 20.8 Å². The topological polar surface area (TPSA) is 0 Å². The Kier molecular flexibility index (Phi) is 2.21. The molecule has 1 heteroatoms. The molecule has 2 aliphatic carbocycles. The van der Waals surface area contributed by atoms with Crippen LogP contribution in [-0.2, 0) is 0 Å². The average Bonchev–Trinajstić information content (AvgIpc) is 2.37. The zero-order valence-electron chi connectivity index (χ0n) is 9.94. The van der Waals surface area contributed by atoms with E-state index in [1.165, 1.54) is 12.8 Å². The van der Waals surface area contributed by atoms with Gasteiger partial charge in [0.1, 0.15) is 5.67 Å². The summed E-state index contributed by atoms with van der Waals surface area (Å²) < 4.78 is 13.8. The highest BCUT2D eigenvalue weighted by molar-refractivity contribution is 4.99. The van der Waals surface area contributed by atoms with Crippen molar-refractivity contribution in [1.82, 2.24) is 0 Å². The van der Waals surface area contributed by atoms with Crippen LogP contribution < -0.4 is 0 Å². The normalized spacial score (nSPS) is 48.2. The van der Waals surface area contributed by atoms with Crippen molar-refractivity contribution < 1.29 is 4.39 Å². The first-order valence-corrected chi connectivity index (χ1v) is 5.97. The summed E-state index contributed by atoms with van der Waals surface area (Å²) in [5.41, 5.74) is -0.421. The number of alkyl halides is 1. The van der Waals surface area contributed by atoms with E-state index in [2.05, 4.69) is 20.8 Å². The van der Waals surface area contributed by atoms with Crippen molar-refractivity contribution in [1.29, 1.82) is 0 Å². The lowest BCUT2D eigenvalue weighted by Crippen LogP contribution is -2.20. The Morgan fingerprint density at radius 1 is 1.07 bits per heavy atom. The summed E-state index contributed by atoms with van der Waals surface area (Å²) in [7, 11) is 0. The van der Waals surface area contributed by atoms with Crippen LogP contribution in [0.25, 0.3) is 0 Å². The van der Waals surface area contributed by atoms with Crippen LogP contribution in [0.3, 0.4) is 0 Å². The molecule has 0 bridgehead atoms. The van der Waals surface area contributed by atoms with Gasteiger partial charge in [-0.2, -0.15) is 0 Å². The number of halogens is 1. The maximum absolute atomic E-state index is 13.8. The Hall–Kier alpha value is -0.0700. The van der Waals surface area contributed by atoms with Crippen LogP contribution >= 0.6 is 0 Å². The van der Waals surface area contributed by atoms with Crippen molar-refractivity contribution in [3.63, 3.8) is 0 Å². The van der Waals surface area contributed by atoms with Crippen LogP contribution in [0, 0.1) is 23.2 Å². The molecule has 0 radical (unpaired) electrons. The van der Waals surface area contributed by atoms with Crippen molar-refractivity contribution in [2.24, 2.45) is 23.2 Å². The summed E-state index contributed by atoms with van der Waals surface area (Å²) in [5, 5.41) is 0. The highest BCUT2D eigenvalue weighted by Gasteiger charge is 2.49. The van der Waals surface area contributed by atoms with Crippen molar-refractivity contribution in [3.05, 3.63) is 0 Å². The van der Waals surface area contributed by atoms with Crippen molar-refractivity contribution >= 4 is 0 Å². The number of hydrogen-bond donors (Lipinski definition) is 0. The molecule has 2 aliphatic rings. The van der Waals surface area contributed by atoms with E-state index in [4.69, 9.17) is 0 Å². The Morgan fingerprint density at radius 2 is 1.50 bits per heavy atom. The van der Waals surface area contributed by atoms with Gasteiger partial charge in [0.2, 0.25) is 0 Å². The fraction of sp³-hybridized carbons (Fsp3) is 1.00. The predicted molar refractivity (Wildman–Crippen MR) is 57.9 cm³/mol. The Labute approximate surface area is 87.3 Å². The zero-order chi connectivity index (χ0) is 10.6. The zero-order valence-corrected chi connectivity index (χ0v) is 9.94. The standard InChI is InChI=1S/C13H23F/c1-12(2,3)11-5-9-7-13(4,14)8-10(9)6-11/h9-11H,5-8H2,1-4H3. The highest BCUT2D eigenvalue weighted by atomic mass is 19.1. The van der Waals surface area contributed by atoms with E-state index < -0.39 is 5.67 Å². The Bertz CT molecular complexity index is 208. The lowest BCUT2D eigenvalue weighted by molar-refractivity contribution is 0.161. The van der Waals surface area contributed by atoms with Gasteiger partial charge in [-0.05, 0) is 55.8 Å². The van der Waals surface area contributed by atoms with Gasteiger partial charge in [0.15, 0.2) is 0 Å². The Morgan fingerprint density at radius 3 is 1.86 bits per heavy atom. The first-order valence-electron chi connectivity index (χ1n) is 5.97. The molecule has 82 valence electrons. The minimum atomic E-state index is -0.849. The molecule has 2 rings (SSSR count). The van der Waals surface area contributed by atoms with E-state index in [0.29, 0.717) is 17.3 Å². The van der Waals surface area contributed by atoms with Crippen molar-refractivity contribution in [3.8, 4) is 0 Å². The summed E-state index contributed by atoms with van der Waals surface area (Å²) >= 11 is 0. The second kappa shape index (κ2) is 2.96. The van der Waals surface area contributed by atoms with Gasteiger partial charge < -0.3 is 0 Å². The molecule has 2 fully saturated rings. The number of hydrogen-bond acceptors (Lipinski definition) is 0. The first-order chi connectivity index (χ1) is 6.28. The lowest BCUT2D eigenvalue weighted by Gasteiger charge is -2.28. The Balaban J connectivity index is 2.00. The van der Waals surface area contributed by atoms with E-state index in [1.807, 2.05) is 0 Å². The fourth-order valence-corrected chi connectivity index (χ4v) is 3.60. The van der Waals surface area contributed by atoms with Crippen LogP contribution in [0.2, 0.25) is 0 Å². The minimum Gasteiger partial charge on any atom is -0.244 e. The molecule has 0 nitrogen and oxygen atoms in total. The SMILES string of the molecule is CC1(F)CC2CC(C(C)(C)C)CC2C1. The molecule has 0 amide bonds. The predicted octanol–water partition coefficient (Wildman–Crippen LogP) is 4.20. The average molecular weight is 198 g/mol. The molecule has 0 spiro atoms. The molecular weight excluding hydrogens is 175 g/mol. The quantitative estimate of drug-likeness (QED) is 0.547. The van der Waals surface area contributed by atoms with E-state index in [-0.39, 0.29) is 0 Å². The second-order valence-electron chi connectivity index (χ2n) is 6.88. The molecule has 0 aromatic rings. The third kappa shape index (κ3) is 1.83. The number of fused-ring (bicyclic) bond motifs is 1. The number of rotatable bonds is 0. The van der Waals surface area contributed by atoms with Crippen LogP contribution in [-0.4, -0.2) is 5.67 Å². The van der Waals surface area contributed by atoms with E-state index in [9.17, 15) is 4.39 Å². The summed E-state index contributed by atoms with van der Waals surface area (Å²) in [6, 6.07) is 0. The van der Waals surface area contributed by atoms with Gasteiger partial charge in [0.25, 0.3) is 0 Å². The van der Waals surface area contributed by atoms with Gasteiger partial charge in [-0.3, -0.25) is 0 Å². The maximum atomic E-state index is 13.8. The summed E-state index contributed by atoms with van der Waals surface area (Å²) in [6.07, 6.45) is 4.19. The van der Waals surface area contributed by atoms with E-state index in [1.54, 1.807) is 6.92 Å². The molecule has 0 heterocycles. The van der Waals surface area contributed by atoms with E-state index in [0.717, 1.165) is 18.8 Å². The molecule has 2 unspecified atom stereocenters. The molecule has 0 N–H and O–H groups in total. The van der Waals surface area contributed by atoms with Crippen LogP contribution in [0.1, 0.15) is 53.4 Å². The second-order valence-corrected chi connectivity index (χ2v) is 6.88. The van der Waals surface area contributed by atoms with Gasteiger partial charge in [0.05, 0.1) is 0 Å². The van der Waals surface area contributed by atoms with Gasteiger partial charge >= 0.3 is 0 Å². The fourth-order valence-electron chi connectivity index (χ4n) is 3.60. The van der Waals surface area contributed by atoms with Gasteiger partial charge in [-0.25, -0.2) is 4.39 Å². The van der Waals surface area contributed by atoms with Crippen LogP contribution in [0.5, 0.6) is 0 Å². The third-order valence-corrected chi connectivity index (χ3v) is 4.44. The van der Waals surface area contributed by atoms with Crippen molar-refractivity contribution in [2.75, 3.05) is 0 Å². The summed E-state index contributed by atoms with van der Waals surface area (Å²) in [6.45, 7) is 8.77. The largest absolute Gasteiger partial charge is 0.244 e. The molecule has 0 aromatic heterocycles. The monoisotopic (exact) mass is 198 g/mol. The van der Waals surface area contributed by atoms with E-state index >= 15 is 0 Å². The van der Waals surface area contributed by atoms with Crippen LogP contribution in [0.15, 0.2) is 0 Å². The first kappa shape index (κ1) is 10.4. The molecule has 14 heavy (non-hydrogen) atoms. The molecule has 2 saturated carbocycles. The minimum absolute atomic E-state index is 0.428. The molecule has 0 aromatic carbocycles. The lowest BCUT2D eigenvalue weighted by atomic mass is 9.78. The van der Waals surface area contributed by atoms with Crippen molar-refractivity contribution in [2.45, 2.75) is 59.0 Å². The smallest absolute Gasteiger partial charge is 0.108 e. The molecule has 0 aliphatic heterocycles. The van der Waals surface area contributed by atoms with Gasteiger partial charge in [0, 0.05) is 0 Å². The van der Waals surface area contributed by atoms with Gasteiger partial charge in [-0.15, -0.1) is 0 Å². The summed E-state index contributed by atoms with van der Waals surface area (Å²) in [5.74, 6) is 2.21. The third-order valence-electron chi connectivity index (χ3n) is 4.44. The molecular formula is C13H23F. The molecule has 0 saturated heterocycles. The van der Waals surface area contributed by atoms with Crippen LogP contribution in [0.4, 0.5) is 4.39 Å². The maximum Gasteiger partial charge on any atom is 0.108 e. The molecule has 2 atom stereocenters. The summed E-state index contributed by atoms with van der Waals surface area (Å²) in [4.78, 5) is 0.